The highest BCUT2D eigenvalue weighted by atomic mass is 32.2. The average Bonchev–Trinajstić information content (AvgIpc) is 2.88. The lowest BCUT2D eigenvalue weighted by molar-refractivity contribution is -0.384. The first kappa shape index (κ1) is 26.1. The van der Waals surface area contributed by atoms with E-state index in [-0.39, 0.29) is 16.3 Å². The van der Waals surface area contributed by atoms with Gasteiger partial charge in [0, 0.05) is 17.3 Å². The summed E-state index contributed by atoms with van der Waals surface area (Å²) in [5.74, 6) is 1.71. The van der Waals surface area contributed by atoms with Crippen molar-refractivity contribution in [1.29, 1.82) is 0 Å². The highest BCUT2D eigenvalue weighted by Gasteiger charge is 2.22. The molecular formula is C23H24N4O8S. The van der Waals surface area contributed by atoms with E-state index in [1.54, 1.807) is 24.3 Å². The summed E-state index contributed by atoms with van der Waals surface area (Å²) in [6.45, 7) is 0. The molecule has 0 aliphatic heterocycles. The highest BCUT2D eigenvalue weighted by molar-refractivity contribution is 7.92. The van der Waals surface area contributed by atoms with Gasteiger partial charge in [-0.1, -0.05) is 0 Å². The summed E-state index contributed by atoms with van der Waals surface area (Å²) >= 11 is 0. The van der Waals surface area contributed by atoms with Gasteiger partial charge in [-0.25, -0.2) is 8.42 Å². The number of ether oxygens (including phenoxy) is 4. The quantitative estimate of drug-likeness (QED) is 0.220. The summed E-state index contributed by atoms with van der Waals surface area (Å²) in [6, 6.07) is 12.9. The zero-order chi connectivity index (χ0) is 26.3. The fourth-order valence-electron chi connectivity index (χ4n) is 3.19. The van der Waals surface area contributed by atoms with E-state index >= 15 is 0 Å². The van der Waals surface area contributed by atoms with Gasteiger partial charge in [0.1, 0.15) is 11.4 Å². The van der Waals surface area contributed by atoms with Crippen LogP contribution in [0.15, 0.2) is 64.6 Å². The Morgan fingerprint density at radius 1 is 0.889 bits per heavy atom. The van der Waals surface area contributed by atoms with Gasteiger partial charge in [0.25, 0.3) is 15.7 Å². The molecule has 3 rings (SSSR count). The molecule has 190 valence electrons. The second-order valence-electron chi connectivity index (χ2n) is 7.06. The lowest BCUT2D eigenvalue weighted by Crippen LogP contribution is -2.13. The van der Waals surface area contributed by atoms with Gasteiger partial charge in [0.2, 0.25) is 5.75 Å². The number of hydrazone groups is 1. The maximum absolute atomic E-state index is 12.8. The SMILES string of the molecule is COc1ccc(NS(=O)(=O)c2ccc(NN=Cc3ccc(OC)c(OC)c3OC)c([N+](=O)[O-])c2)cc1. The maximum atomic E-state index is 12.8. The fourth-order valence-corrected chi connectivity index (χ4v) is 4.27. The molecule has 36 heavy (non-hydrogen) atoms. The molecule has 13 heteroatoms. The molecule has 2 N–H and O–H groups in total. The number of nitrogens with zero attached hydrogens (tertiary/aromatic N) is 2. The number of hydrogen-bond acceptors (Lipinski definition) is 10. The maximum Gasteiger partial charge on any atom is 0.295 e. The molecular weight excluding hydrogens is 492 g/mol. The van der Waals surface area contributed by atoms with Gasteiger partial charge in [0.05, 0.1) is 44.5 Å². The molecule has 0 saturated heterocycles. The van der Waals surface area contributed by atoms with E-state index in [9.17, 15) is 18.5 Å². The Hall–Kier alpha value is -4.52. The van der Waals surface area contributed by atoms with Crippen LogP contribution < -0.4 is 29.1 Å². The van der Waals surface area contributed by atoms with Gasteiger partial charge in [-0.15, -0.1) is 0 Å². The number of nitro benzene ring substituents is 1. The van der Waals surface area contributed by atoms with Crippen molar-refractivity contribution in [2.24, 2.45) is 5.10 Å². The molecule has 0 bridgehead atoms. The van der Waals surface area contributed by atoms with E-state index in [4.69, 9.17) is 18.9 Å². The van der Waals surface area contributed by atoms with E-state index in [1.165, 1.54) is 58.9 Å². The second kappa shape index (κ2) is 11.3. The van der Waals surface area contributed by atoms with Gasteiger partial charge in [-0.3, -0.25) is 20.3 Å². The molecule has 0 heterocycles. The molecule has 0 spiro atoms. The van der Waals surface area contributed by atoms with Gasteiger partial charge in [0.15, 0.2) is 11.5 Å². The van der Waals surface area contributed by atoms with E-state index in [2.05, 4.69) is 15.2 Å². The smallest absolute Gasteiger partial charge is 0.295 e. The standard InChI is InChI=1S/C23H24N4O8S/c1-32-17-8-6-16(7-9-17)26-36(30,31)18-10-11-19(20(13-18)27(28)29)25-24-14-15-5-12-21(33-2)23(35-4)22(15)34-3/h5-14,25-26H,1-4H3. The normalized spacial score (nSPS) is 11.1. The first-order chi connectivity index (χ1) is 17.2. The number of benzene rings is 3. The molecule has 0 fully saturated rings. The molecule has 0 saturated carbocycles. The van der Waals surface area contributed by atoms with Crippen molar-refractivity contribution >= 4 is 33.3 Å². The lowest BCUT2D eigenvalue weighted by Gasteiger charge is -2.13. The number of hydrogen-bond donors (Lipinski definition) is 2. The molecule has 0 radical (unpaired) electrons. The zero-order valence-corrected chi connectivity index (χ0v) is 20.7. The monoisotopic (exact) mass is 516 g/mol. The van der Waals surface area contributed by atoms with Crippen LogP contribution in [0, 0.1) is 10.1 Å². The van der Waals surface area contributed by atoms with Crippen molar-refractivity contribution in [3.8, 4) is 23.0 Å². The van der Waals surface area contributed by atoms with Crippen LogP contribution in [0.4, 0.5) is 17.1 Å². The molecule has 0 amide bonds. The number of sulfonamides is 1. The molecule has 12 nitrogen and oxygen atoms in total. The zero-order valence-electron chi connectivity index (χ0n) is 19.8. The Bertz CT molecular complexity index is 1380. The summed E-state index contributed by atoms with van der Waals surface area (Å²) in [5, 5.41) is 15.7. The van der Waals surface area contributed by atoms with Crippen LogP contribution in [0.5, 0.6) is 23.0 Å². The third-order valence-electron chi connectivity index (χ3n) is 4.94. The summed E-state index contributed by atoms with van der Waals surface area (Å²) in [7, 11) is 1.79. The van der Waals surface area contributed by atoms with E-state index in [1.807, 2.05) is 0 Å². The fraction of sp³-hybridized carbons (Fsp3) is 0.174. The third kappa shape index (κ3) is 5.75. The number of nitro groups is 1. The van der Waals surface area contributed by atoms with Crippen LogP contribution in [0.25, 0.3) is 0 Å². The Kier molecular flexibility index (Phi) is 8.17. The van der Waals surface area contributed by atoms with Crippen molar-refractivity contribution < 1.29 is 32.3 Å². The number of nitrogens with one attached hydrogen (secondary N) is 2. The molecule has 0 aromatic heterocycles. The first-order valence-electron chi connectivity index (χ1n) is 10.3. The summed E-state index contributed by atoms with van der Waals surface area (Å²) < 4.78 is 48.9. The van der Waals surface area contributed by atoms with Crippen LogP contribution in [-0.2, 0) is 10.0 Å². The minimum atomic E-state index is -4.10. The third-order valence-corrected chi connectivity index (χ3v) is 6.32. The Balaban J connectivity index is 1.86. The second-order valence-corrected chi connectivity index (χ2v) is 8.75. The van der Waals surface area contributed by atoms with Crippen LogP contribution in [0.3, 0.4) is 0 Å². The van der Waals surface area contributed by atoms with E-state index < -0.39 is 20.6 Å². The average molecular weight is 517 g/mol. The minimum Gasteiger partial charge on any atom is -0.497 e. The molecule has 0 aliphatic carbocycles. The number of anilines is 2. The van der Waals surface area contributed by atoms with Gasteiger partial charge in [-0.05, 0) is 48.5 Å². The van der Waals surface area contributed by atoms with Crippen molar-refractivity contribution in [3.63, 3.8) is 0 Å². The molecule has 0 aliphatic rings. The molecule has 0 unspecified atom stereocenters. The predicted molar refractivity (Wildman–Crippen MR) is 134 cm³/mol. The van der Waals surface area contributed by atoms with Gasteiger partial charge >= 0.3 is 0 Å². The van der Waals surface area contributed by atoms with Gasteiger partial charge < -0.3 is 18.9 Å². The molecule has 3 aromatic carbocycles. The lowest BCUT2D eigenvalue weighted by atomic mass is 10.2. The van der Waals surface area contributed by atoms with Crippen molar-refractivity contribution in [2.75, 3.05) is 38.6 Å². The summed E-state index contributed by atoms with van der Waals surface area (Å²) in [5.41, 5.74) is 2.86. The molecule has 0 atom stereocenters. The van der Waals surface area contributed by atoms with Crippen LogP contribution in [-0.4, -0.2) is 48.0 Å². The van der Waals surface area contributed by atoms with E-state index in [0.29, 0.717) is 28.6 Å². The van der Waals surface area contributed by atoms with Gasteiger partial charge in [-0.2, -0.15) is 5.10 Å². The largest absolute Gasteiger partial charge is 0.497 e. The minimum absolute atomic E-state index is 0.0147. The molecule has 3 aromatic rings. The highest BCUT2D eigenvalue weighted by Crippen LogP contribution is 2.39. The van der Waals surface area contributed by atoms with Crippen LogP contribution in [0.2, 0.25) is 0 Å². The Morgan fingerprint density at radius 3 is 2.17 bits per heavy atom. The van der Waals surface area contributed by atoms with E-state index in [0.717, 1.165) is 6.07 Å². The Morgan fingerprint density at radius 2 is 1.58 bits per heavy atom. The van der Waals surface area contributed by atoms with Crippen molar-refractivity contribution in [2.45, 2.75) is 4.90 Å². The summed E-state index contributed by atoms with van der Waals surface area (Å²) in [4.78, 5) is 10.7. The predicted octanol–water partition coefficient (Wildman–Crippen LogP) is 3.88. The van der Waals surface area contributed by atoms with Crippen molar-refractivity contribution in [1.82, 2.24) is 0 Å². The van der Waals surface area contributed by atoms with Crippen LogP contribution in [0.1, 0.15) is 5.56 Å². The Labute approximate surface area is 207 Å². The first-order valence-corrected chi connectivity index (χ1v) is 11.8. The summed E-state index contributed by atoms with van der Waals surface area (Å²) in [6.07, 6.45) is 1.38. The van der Waals surface area contributed by atoms with Crippen LogP contribution >= 0.6 is 0 Å². The number of methoxy groups -OCH3 is 4. The van der Waals surface area contributed by atoms with Crippen molar-refractivity contribution in [3.05, 3.63) is 70.3 Å². The number of rotatable bonds is 11. The topological polar surface area (TPSA) is 151 Å².